The van der Waals surface area contributed by atoms with Crippen molar-refractivity contribution in [3.8, 4) is 5.75 Å². The first-order valence-corrected chi connectivity index (χ1v) is 10.9. The molecule has 25 heavy (non-hydrogen) atoms. The highest BCUT2D eigenvalue weighted by molar-refractivity contribution is 7.92. The summed E-state index contributed by atoms with van der Waals surface area (Å²) in [6, 6.07) is 7.69. The Labute approximate surface area is 150 Å². The van der Waals surface area contributed by atoms with Crippen LogP contribution in [0.3, 0.4) is 0 Å². The molecule has 1 aromatic rings. The number of methoxy groups -OCH3 is 1. The van der Waals surface area contributed by atoms with Crippen LogP contribution in [0.25, 0.3) is 0 Å². The summed E-state index contributed by atoms with van der Waals surface area (Å²) in [6.45, 7) is 0. The van der Waals surface area contributed by atoms with E-state index >= 15 is 0 Å². The summed E-state index contributed by atoms with van der Waals surface area (Å²) in [5.41, 5.74) is 1.05. The molecule has 0 radical (unpaired) electrons. The van der Waals surface area contributed by atoms with Gasteiger partial charge in [-0.05, 0) is 49.3 Å². The number of hydrogen-bond acceptors (Lipinski definition) is 4. The summed E-state index contributed by atoms with van der Waals surface area (Å²) in [7, 11) is -1.52. The van der Waals surface area contributed by atoms with E-state index in [-0.39, 0.29) is 29.4 Å². The number of carbonyl (C=O) groups excluding carboxylic acids is 1. The molecular formula is C19H27NO4S. The molecule has 1 aromatic carbocycles. The Morgan fingerprint density at radius 1 is 1.16 bits per heavy atom. The van der Waals surface area contributed by atoms with Gasteiger partial charge >= 0.3 is 0 Å². The van der Waals surface area contributed by atoms with Crippen LogP contribution in [-0.2, 0) is 14.6 Å². The average molecular weight is 365 g/mol. The number of rotatable bonds is 8. The summed E-state index contributed by atoms with van der Waals surface area (Å²) in [5, 5.41) is 2.82. The van der Waals surface area contributed by atoms with E-state index in [1.165, 1.54) is 0 Å². The van der Waals surface area contributed by atoms with Crippen molar-refractivity contribution in [3.05, 3.63) is 29.8 Å². The van der Waals surface area contributed by atoms with Crippen LogP contribution in [0.4, 0.5) is 0 Å². The lowest BCUT2D eigenvalue weighted by Crippen LogP contribution is -2.32. The van der Waals surface area contributed by atoms with Crippen molar-refractivity contribution in [3.63, 3.8) is 0 Å². The van der Waals surface area contributed by atoms with Crippen molar-refractivity contribution in [2.75, 3.05) is 12.9 Å². The highest BCUT2D eigenvalue weighted by atomic mass is 32.2. The predicted octanol–water partition coefficient (Wildman–Crippen LogP) is 3.01. The number of benzene rings is 1. The fraction of sp³-hybridized carbons (Fsp3) is 0.632. The second-order valence-corrected chi connectivity index (χ2v) is 9.58. The van der Waals surface area contributed by atoms with Crippen molar-refractivity contribution in [1.29, 1.82) is 0 Å². The molecule has 2 saturated carbocycles. The van der Waals surface area contributed by atoms with Crippen molar-refractivity contribution in [1.82, 2.24) is 5.32 Å². The van der Waals surface area contributed by atoms with Crippen LogP contribution in [0.5, 0.6) is 5.75 Å². The monoisotopic (exact) mass is 365 g/mol. The Balaban J connectivity index is 1.57. The fourth-order valence-electron chi connectivity index (χ4n) is 3.61. The first-order chi connectivity index (χ1) is 12.0. The third kappa shape index (κ3) is 4.75. The smallest absolute Gasteiger partial charge is 0.221 e. The van der Waals surface area contributed by atoms with E-state index in [4.69, 9.17) is 4.74 Å². The fourth-order valence-corrected chi connectivity index (χ4v) is 5.46. The maximum atomic E-state index is 12.3. The molecule has 1 N–H and O–H groups in total. The van der Waals surface area contributed by atoms with Crippen LogP contribution in [-0.4, -0.2) is 32.4 Å². The van der Waals surface area contributed by atoms with E-state index in [0.717, 1.165) is 49.8 Å². The molecule has 0 spiro atoms. The van der Waals surface area contributed by atoms with E-state index in [2.05, 4.69) is 5.32 Å². The molecule has 0 saturated heterocycles. The van der Waals surface area contributed by atoms with Crippen molar-refractivity contribution >= 4 is 15.7 Å². The van der Waals surface area contributed by atoms with Gasteiger partial charge in [0.25, 0.3) is 0 Å². The molecule has 138 valence electrons. The van der Waals surface area contributed by atoms with Crippen LogP contribution in [0, 0.1) is 5.92 Å². The molecule has 1 amide bonds. The minimum atomic E-state index is -3.15. The number of hydrogen-bond donors (Lipinski definition) is 1. The van der Waals surface area contributed by atoms with Crippen LogP contribution in [0.15, 0.2) is 24.3 Å². The summed E-state index contributed by atoms with van der Waals surface area (Å²) >= 11 is 0. The molecule has 1 atom stereocenters. The maximum absolute atomic E-state index is 12.3. The molecule has 6 heteroatoms. The van der Waals surface area contributed by atoms with Crippen LogP contribution >= 0.6 is 0 Å². The molecule has 0 bridgehead atoms. The Morgan fingerprint density at radius 2 is 1.80 bits per heavy atom. The van der Waals surface area contributed by atoms with Gasteiger partial charge in [0.15, 0.2) is 9.84 Å². The average Bonchev–Trinajstić information content (AvgIpc) is 3.30. The number of ether oxygens (including phenoxy) is 1. The minimum absolute atomic E-state index is 0.0346. The van der Waals surface area contributed by atoms with E-state index in [1.54, 1.807) is 7.11 Å². The molecule has 2 aliphatic carbocycles. The van der Waals surface area contributed by atoms with Gasteiger partial charge in [-0.25, -0.2) is 8.42 Å². The normalized spacial score (nSPS) is 19.6. The maximum Gasteiger partial charge on any atom is 0.221 e. The van der Waals surface area contributed by atoms with E-state index in [1.807, 2.05) is 24.3 Å². The zero-order chi connectivity index (χ0) is 17.9. The first-order valence-electron chi connectivity index (χ1n) is 9.14. The van der Waals surface area contributed by atoms with E-state index < -0.39 is 9.84 Å². The van der Waals surface area contributed by atoms with Crippen molar-refractivity contribution < 1.29 is 17.9 Å². The zero-order valence-electron chi connectivity index (χ0n) is 14.7. The number of nitrogens with one attached hydrogen (secondary N) is 1. The predicted molar refractivity (Wildman–Crippen MR) is 97.3 cm³/mol. The lowest BCUT2D eigenvalue weighted by Gasteiger charge is -2.19. The van der Waals surface area contributed by atoms with E-state index in [0.29, 0.717) is 5.92 Å². The number of sulfone groups is 1. The standard InChI is InChI=1S/C19H27NO4S/c1-24-16-10-8-15(9-11-16)19(14-6-7-14)20-18(21)12-13-25(22,23)17-4-2-3-5-17/h8-11,14,17,19H,2-7,12-13H2,1H3,(H,20,21). The molecule has 3 rings (SSSR count). The van der Waals surface area contributed by atoms with Gasteiger partial charge in [-0.1, -0.05) is 25.0 Å². The first kappa shape index (κ1) is 18.2. The second-order valence-electron chi connectivity index (χ2n) is 7.18. The van der Waals surface area contributed by atoms with Gasteiger partial charge in [0.1, 0.15) is 5.75 Å². The molecule has 0 heterocycles. The summed E-state index contributed by atoms with van der Waals surface area (Å²) in [6.07, 6.45) is 5.71. The lowest BCUT2D eigenvalue weighted by atomic mass is 10.0. The molecule has 0 aromatic heterocycles. The lowest BCUT2D eigenvalue weighted by molar-refractivity contribution is -0.121. The molecule has 2 aliphatic rings. The van der Waals surface area contributed by atoms with Gasteiger partial charge in [0, 0.05) is 6.42 Å². The molecule has 0 aliphatic heterocycles. The number of carbonyl (C=O) groups is 1. The van der Waals surface area contributed by atoms with Crippen molar-refractivity contribution in [2.45, 2.75) is 56.2 Å². The second kappa shape index (κ2) is 7.77. The quantitative estimate of drug-likeness (QED) is 0.769. The van der Waals surface area contributed by atoms with Crippen LogP contribution < -0.4 is 10.1 Å². The van der Waals surface area contributed by atoms with Gasteiger partial charge in [-0.3, -0.25) is 4.79 Å². The Hall–Kier alpha value is -1.56. The summed E-state index contributed by atoms with van der Waals surface area (Å²) in [4.78, 5) is 12.3. The van der Waals surface area contributed by atoms with Gasteiger partial charge in [0.2, 0.25) is 5.91 Å². The van der Waals surface area contributed by atoms with Crippen LogP contribution in [0.2, 0.25) is 0 Å². The molecular weight excluding hydrogens is 338 g/mol. The van der Waals surface area contributed by atoms with Crippen molar-refractivity contribution in [2.24, 2.45) is 5.92 Å². The van der Waals surface area contributed by atoms with Gasteiger partial charge in [-0.2, -0.15) is 0 Å². The molecule has 1 unspecified atom stereocenters. The SMILES string of the molecule is COc1ccc(C(NC(=O)CCS(=O)(=O)C2CCCC2)C2CC2)cc1. The highest BCUT2D eigenvalue weighted by Crippen LogP contribution is 2.41. The number of amides is 1. The van der Waals surface area contributed by atoms with Gasteiger partial charge < -0.3 is 10.1 Å². The summed E-state index contributed by atoms with van der Waals surface area (Å²) in [5.74, 6) is 1.02. The minimum Gasteiger partial charge on any atom is -0.497 e. The third-order valence-corrected chi connectivity index (χ3v) is 7.57. The molecule has 5 nitrogen and oxygen atoms in total. The Bertz CT molecular complexity index is 689. The zero-order valence-corrected chi connectivity index (χ0v) is 15.6. The summed E-state index contributed by atoms with van der Waals surface area (Å²) < 4.78 is 29.8. The molecule has 2 fully saturated rings. The largest absolute Gasteiger partial charge is 0.497 e. The van der Waals surface area contributed by atoms with Gasteiger partial charge in [-0.15, -0.1) is 0 Å². The topological polar surface area (TPSA) is 72.5 Å². The Kier molecular flexibility index (Phi) is 5.67. The Morgan fingerprint density at radius 3 is 2.36 bits per heavy atom. The highest BCUT2D eigenvalue weighted by Gasteiger charge is 2.34. The van der Waals surface area contributed by atoms with E-state index in [9.17, 15) is 13.2 Å². The third-order valence-electron chi connectivity index (χ3n) is 5.31. The van der Waals surface area contributed by atoms with Gasteiger partial charge in [0.05, 0.1) is 24.2 Å². The van der Waals surface area contributed by atoms with Crippen LogP contribution in [0.1, 0.15) is 56.6 Å².